The molecule has 0 aliphatic rings. The smallest absolute Gasteiger partial charge is 0.309 e. The summed E-state index contributed by atoms with van der Waals surface area (Å²) in [5.74, 6) is -0.582. The Kier molecular flexibility index (Phi) is 18.4. The molecule has 0 amide bonds. The summed E-state index contributed by atoms with van der Waals surface area (Å²) >= 11 is 0. The molecule has 0 aromatic heterocycles. The van der Waals surface area contributed by atoms with Crippen molar-refractivity contribution in [2.45, 2.75) is 149 Å². The van der Waals surface area contributed by atoms with Gasteiger partial charge in [0.15, 0.2) is 0 Å². The van der Waals surface area contributed by atoms with Crippen LogP contribution >= 0.6 is 0 Å². The Morgan fingerprint density at radius 2 is 0.815 bits per heavy atom. The first-order valence-corrected chi connectivity index (χ1v) is 12.3. The number of rotatable bonds is 21. The van der Waals surface area contributed by atoms with Crippen molar-refractivity contribution < 1.29 is 9.90 Å². The van der Waals surface area contributed by atoms with Crippen LogP contribution in [0, 0.1) is 5.41 Å². The first-order chi connectivity index (χ1) is 13.1. The lowest BCUT2D eigenvalue weighted by atomic mass is 9.80. The number of unbranched alkanes of at least 4 members (excludes halogenated alkanes) is 16. The van der Waals surface area contributed by atoms with Crippen molar-refractivity contribution in [1.29, 1.82) is 0 Å². The monoisotopic (exact) mass is 382 g/mol. The van der Waals surface area contributed by atoms with Crippen LogP contribution in [-0.2, 0) is 4.79 Å². The van der Waals surface area contributed by atoms with Gasteiger partial charge >= 0.3 is 5.97 Å². The van der Waals surface area contributed by atoms with Crippen molar-refractivity contribution in [3.8, 4) is 0 Å². The third-order valence-electron chi connectivity index (χ3n) is 6.18. The van der Waals surface area contributed by atoms with E-state index in [4.69, 9.17) is 0 Å². The molecular weight excluding hydrogens is 332 g/mol. The van der Waals surface area contributed by atoms with Crippen LogP contribution in [-0.4, -0.2) is 11.1 Å². The van der Waals surface area contributed by atoms with Crippen molar-refractivity contribution in [3.63, 3.8) is 0 Å². The number of carbonyl (C=O) groups is 1. The molecule has 1 N–H and O–H groups in total. The predicted octanol–water partition coefficient (Wildman–Crippen LogP) is 8.92. The average Bonchev–Trinajstić information content (AvgIpc) is 2.65. The van der Waals surface area contributed by atoms with Crippen LogP contribution in [0.2, 0.25) is 0 Å². The van der Waals surface area contributed by atoms with Gasteiger partial charge in [-0.25, -0.2) is 0 Å². The quantitative estimate of drug-likeness (QED) is 0.201. The summed E-state index contributed by atoms with van der Waals surface area (Å²) < 4.78 is 0. The van der Waals surface area contributed by atoms with E-state index in [-0.39, 0.29) is 0 Å². The maximum absolute atomic E-state index is 11.8. The lowest BCUT2D eigenvalue weighted by Gasteiger charge is -2.24. The van der Waals surface area contributed by atoms with Crippen LogP contribution in [0.15, 0.2) is 0 Å². The third kappa shape index (κ3) is 16.2. The van der Waals surface area contributed by atoms with Crippen LogP contribution in [0.25, 0.3) is 0 Å². The fourth-order valence-corrected chi connectivity index (χ4v) is 3.99. The Labute approximate surface area is 170 Å². The molecule has 0 unspecified atom stereocenters. The molecule has 162 valence electrons. The van der Waals surface area contributed by atoms with Gasteiger partial charge in [0.25, 0.3) is 0 Å². The molecule has 0 aliphatic carbocycles. The van der Waals surface area contributed by atoms with Gasteiger partial charge in [0.2, 0.25) is 0 Å². The topological polar surface area (TPSA) is 37.3 Å². The summed E-state index contributed by atoms with van der Waals surface area (Å²) in [5, 5.41) is 9.68. The number of carboxylic acids is 1. The number of carboxylic acid groups (broad SMARTS) is 1. The Morgan fingerprint density at radius 1 is 0.556 bits per heavy atom. The fraction of sp³-hybridized carbons (Fsp3) is 0.960. The summed E-state index contributed by atoms with van der Waals surface area (Å²) in [6.07, 6.45) is 25.1. The second-order valence-electron chi connectivity index (χ2n) is 9.02. The molecule has 0 aromatic carbocycles. The van der Waals surface area contributed by atoms with Gasteiger partial charge in [-0.05, 0) is 19.8 Å². The Bertz CT molecular complexity index is 302. The van der Waals surface area contributed by atoms with Crippen molar-refractivity contribution in [3.05, 3.63) is 0 Å². The summed E-state index contributed by atoms with van der Waals surface area (Å²) in [4.78, 5) is 11.8. The summed E-state index contributed by atoms with van der Waals surface area (Å²) in [6.45, 7) is 6.49. The fourth-order valence-electron chi connectivity index (χ4n) is 3.99. The van der Waals surface area contributed by atoms with Gasteiger partial charge in [0.1, 0.15) is 0 Å². The lowest BCUT2D eigenvalue weighted by Crippen LogP contribution is -2.27. The summed E-state index contributed by atoms with van der Waals surface area (Å²) in [7, 11) is 0. The average molecular weight is 383 g/mol. The molecule has 2 nitrogen and oxygen atoms in total. The Hall–Kier alpha value is -0.530. The highest BCUT2D eigenvalue weighted by Gasteiger charge is 2.31. The zero-order chi connectivity index (χ0) is 20.2. The van der Waals surface area contributed by atoms with Gasteiger partial charge in [-0.2, -0.15) is 0 Å². The largest absolute Gasteiger partial charge is 0.481 e. The normalized spacial score (nSPS) is 11.8. The number of hydrogen-bond acceptors (Lipinski definition) is 1. The molecule has 0 fully saturated rings. The molecule has 0 atom stereocenters. The number of hydrogen-bond donors (Lipinski definition) is 1. The summed E-state index contributed by atoms with van der Waals surface area (Å²) in [5.41, 5.74) is -0.498. The standard InChI is InChI=1S/C25H50O2/c1-4-6-8-10-12-14-16-18-20-22-25(3,24(26)27)23-21-19-17-15-13-11-9-7-5-2/h4-23H2,1-3H3,(H,26,27). The van der Waals surface area contributed by atoms with E-state index < -0.39 is 11.4 Å². The minimum absolute atomic E-state index is 0.498. The summed E-state index contributed by atoms with van der Waals surface area (Å²) in [6, 6.07) is 0. The molecule has 0 saturated carbocycles. The van der Waals surface area contributed by atoms with E-state index in [1.165, 1.54) is 103 Å². The van der Waals surface area contributed by atoms with Gasteiger partial charge in [-0.3, -0.25) is 4.79 Å². The van der Waals surface area contributed by atoms with Crippen LogP contribution in [0.3, 0.4) is 0 Å². The van der Waals surface area contributed by atoms with Crippen molar-refractivity contribution in [2.24, 2.45) is 5.41 Å². The molecule has 0 aromatic rings. The maximum Gasteiger partial charge on any atom is 0.309 e. The molecule has 0 radical (unpaired) electrons. The van der Waals surface area contributed by atoms with Crippen molar-refractivity contribution >= 4 is 5.97 Å². The van der Waals surface area contributed by atoms with E-state index in [9.17, 15) is 9.90 Å². The molecule has 0 bridgehead atoms. The molecular formula is C25H50O2. The highest BCUT2D eigenvalue weighted by Crippen LogP contribution is 2.32. The van der Waals surface area contributed by atoms with Crippen LogP contribution in [0.5, 0.6) is 0 Å². The number of aliphatic carboxylic acids is 1. The first kappa shape index (κ1) is 26.5. The van der Waals surface area contributed by atoms with Gasteiger partial charge in [-0.15, -0.1) is 0 Å². The van der Waals surface area contributed by atoms with Crippen LogP contribution < -0.4 is 0 Å². The SMILES string of the molecule is CCCCCCCCCCCC(C)(CCCCCCCCCCC)C(=O)O. The highest BCUT2D eigenvalue weighted by molar-refractivity contribution is 5.74. The van der Waals surface area contributed by atoms with Gasteiger partial charge in [-0.1, -0.05) is 129 Å². The minimum Gasteiger partial charge on any atom is -0.481 e. The van der Waals surface area contributed by atoms with E-state index in [1.807, 2.05) is 6.92 Å². The van der Waals surface area contributed by atoms with E-state index in [0.29, 0.717) is 0 Å². The van der Waals surface area contributed by atoms with Gasteiger partial charge in [0, 0.05) is 0 Å². The van der Waals surface area contributed by atoms with Gasteiger partial charge in [0.05, 0.1) is 5.41 Å². The second-order valence-corrected chi connectivity index (χ2v) is 9.02. The molecule has 0 spiro atoms. The zero-order valence-electron chi connectivity index (χ0n) is 19.0. The van der Waals surface area contributed by atoms with E-state index in [2.05, 4.69) is 13.8 Å². The van der Waals surface area contributed by atoms with Crippen molar-refractivity contribution in [1.82, 2.24) is 0 Å². The molecule has 0 aliphatic heterocycles. The van der Waals surface area contributed by atoms with Gasteiger partial charge < -0.3 is 5.11 Å². The highest BCUT2D eigenvalue weighted by atomic mass is 16.4. The Balaban J connectivity index is 3.69. The third-order valence-corrected chi connectivity index (χ3v) is 6.18. The first-order valence-electron chi connectivity index (χ1n) is 12.3. The molecule has 0 rings (SSSR count). The van der Waals surface area contributed by atoms with Crippen molar-refractivity contribution in [2.75, 3.05) is 0 Å². The molecule has 0 saturated heterocycles. The van der Waals surface area contributed by atoms with Crippen LogP contribution in [0.4, 0.5) is 0 Å². The zero-order valence-corrected chi connectivity index (χ0v) is 19.0. The van der Waals surface area contributed by atoms with E-state index >= 15 is 0 Å². The molecule has 0 heterocycles. The van der Waals surface area contributed by atoms with E-state index in [0.717, 1.165) is 25.7 Å². The molecule has 2 heteroatoms. The maximum atomic E-state index is 11.8. The lowest BCUT2D eigenvalue weighted by molar-refractivity contribution is -0.149. The van der Waals surface area contributed by atoms with E-state index in [1.54, 1.807) is 0 Å². The Morgan fingerprint density at radius 3 is 1.07 bits per heavy atom. The second kappa shape index (κ2) is 18.8. The predicted molar refractivity (Wildman–Crippen MR) is 119 cm³/mol. The van der Waals surface area contributed by atoms with Crippen LogP contribution in [0.1, 0.15) is 149 Å². The minimum atomic E-state index is -0.582. The molecule has 27 heavy (non-hydrogen) atoms.